The molecule has 0 aliphatic rings. The Balaban J connectivity index is 1.86. The minimum absolute atomic E-state index is 0.0391. The Hall–Kier alpha value is -2.43. The second-order valence-electron chi connectivity index (χ2n) is 4.21. The first-order valence-corrected chi connectivity index (χ1v) is 5.89. The van der Waals surface area contributed by atoms with E-state index in [0.29, 0.717) is 18.0 Å². The van der Waals surface area contributed by atoms with Crippen molar-refractivity contribution in [1.82, 2.24) is 4.90 Å². The van der Waals surface area contributed by atoms with E-state index in [1.165, 1.54) is 0 Å². The van der Waals surface area contributed by atoms with Gasteiger partial charge in [-0.05, 0) is 18.2 Å². The van der Waals surface area contributed by atoms with Gasteiger partial charge in [-0.25, -0.2) is 0 Å². The maximum Gasteiger partial charge on any atom is 0.260 e. The molecule has 100 valence electrons. The zero-order valence-electron chi connectivity index (χ0n) is 10.7. The highest BCUT2D eigenvalue weighted by atomic mass is 16.5. The van der Waals surface area contributed by atoms with E-state index in [9.17, 15) is 4.79 Å². The number of nitrogen functional groups attached to an aromatic ring is 1. The molecule has 0 unspecified atom stereocenters. The molecule has 2 rings (SSSR count). The van der Waals surface area contributed by atoms with Crippen LogP contribution in [-0.2, 0) is 11.3 Å². The number of hydrogen-bond donors (Lipinski definition) is 1. The SMILES string of the molecule is CN(Cc1ccoc1)C(=O)COc1ccccc1N. The van der Waals surface area contributed by atoms with Crippen LogP contribution >= 0.6 is 0 Å². The van der Waals surface area contributed by atoms with E-state index in [-0.39, 0.29) is 12.5 Å². The number of rotatable bonds is 5. The first-order valence-electron chi connectivity index (χ1n) is 5.89. The van der Waals surface area contributed by atoms with Crippen molar-refractivity contribution in [1.29, 1.82) is 0 Å². The van der Waals surface area contributed by atoms with Crippen LogP contribution in [0.3, 0.4) is 0 Å². The maximum atomic E-state index is 11.9. The molecule has 0 spiro atoms. The third-order valence-corrected chi connectivity index (χ3v) is 2.70. The average molecular weight is 260 g/mol. The molecule has 0 fully saturated rings. The average Bonchev–Trinajstić information content (AvgIpc) is 2.90. The predicted molar refractivity (Wildman–Crippen MR) is 71.5 cm³/mol. The molecule has 19 heavy (non-hydrogen) atoms. The molecule has 0 aliphatic heterocycles. The van der Waals surface area contributed by atoms with Gasteiger partial charge in [-0.3, -0.25) is 4.79 Å². The van der Waals surface area contributed by atoms with Crippen molar-refractivity contribution in [2.75, 3.05) is 19.4 Å². The third-order valence-electron chi connectivity index (χ3n) is 2.70. The van der Waals surface area contributed by atoms with Crippen LogP contribution in [0, 0.1) is 0 Å². The molecule has 0 saturated carbocycles. The van der Waals surface area contributed by atoms with Gasteiger partial charge in [-0.1, -0.05) is 12.1 Å². The standard InChI is InChI=1S/C14H16N2O3/c1-16(8-11-6-7-18-9-11)14(17)10-19-13-5-3-2-4-12(13)15/h2-7,9H,8,10,15H2,1H3. The van der Waals surface area contributed by atoms with Crippen LogP contribution in [0.5, 0.6) is 5.75 Å². The molecule has 1 amide bonds. The molecule has 0 saturated heterocycles. The lowest BCUT2D eigenvalue weighted by Crippen LogP contribution is -2.30. The molecular formula is C14H16N2O3. The number of para-hydroxylation sites is 2. The molecule has 1 heterocycles. The Bertz CT molecular complexity index is 537. The second-order valence-corrected chi connectivity index (χ2v) is 4.21. The summed E-state index contributed by atoms with van der Waals surface area (Å²) in [6.07, 6.45) is 3.19. The summed E-state index contributed by atoms with van der Waals surface area (Å²) in [5, 5.41) is 0. The minimum atomic E-state index is -0.121. The monoisotopic (exact) mass is 260 g/mol. The molecule has 0 radical (unpaired) electrons. The number of amides is 1. The largest absolute Gasteiger partial charge is 0.482 e. The lowest BCUT2D eigenvalue weighted by atomic mass is 10.3. The lowest BCUT2D eigenvalue weighted by Gasteiger charge is -2.16. The molecule has 2 N–H and O–H groups in total. The van der Waals surface area contributed by atoms with Gasteiger partial charge in [-0.2, -0.15) is 0 Å². The van der Waals surface area contributed by atoms with Crippen LogP contribution in [0.1, 0.15) is 5.56 Å². The summed E-state index contributed by atoms with van der Waals surface area (Å²) in [5.41, 5.74) is 7.19. The Morgan fingerprint density at radius 1 is 1.37 bits per heavy atom. The van der Waals surface area contributed by atoms with Gasteiger partial charge in [0, 0.05) is 19.2 Å². The number of nitrogens with two attached hydrogens (primary N) is 1. The van der Waals surface area contributed by atoms with Crippen molar-refractivity contribution in [3.8, 4) is 5.75 Å². The topological polar surface area (TPSA) is 68.7 Å². The Kier molecular flexibility index (Phi) is 4.07. The zero-order chi connectivity index (χ0) is 13.7. The summed E-state index contributed by atoms with van der Waals surface area (Å²) in [6, 6.07) is 8.91. The quantitative estimate of drug-likeness (QED) is 0.834. The predicted octanol–water partition coefficient (Wildman–Crippen LogP) is 1.90. The number of likely N-dealkylation sites (N-methyl/N-ethyl adjacent to an activating group) is 1. The fraction of sp³-hybridized carbons (Fsp3) is 0.214. The fourth-order valence-corrected chi connectivity index (χ4v) is 1.61. The molecule has 5 heteroatoms. The Morgan fingerprint density at radius 3 is 2.84 bits per heavy atom. The van der Waals surface area contributed by atoms with Crippen LogP contribution in [0.4, 0.5) is 5.69 Å². The van der Waals surface area contributed by atoms with Gasteiger partial charge in [0.25, 0.3) is 5.91 Å². The first kappa shape index (κ1) is 13.0. The van der Waals surface area contributed by atoms with Gasteiger partial charge < -0.3 is 19.8 Å². The van der Waals surface area contributed by atoms with E-state index in [1.807, 2.05) is 18.2 Å². The van der Waals surface area contributed by atoms with Gasteiger partial charge in [0.05, 0.1) is 18.2 Å². The van der Waals surface area contributed by atoms with Crippen molar-refractivity contribution in [2.45, 2.75) is 6.54 Å². The third kappa shape index (κ3) is 3.51. The highest BCUT2D eigenvalue weighted by molar-refractivity contribution is 5.77. The maximum absolute atomic E-state index is 11.9. The summed E-state index contributed by atoms with van der Waals surface area (Å²) >= 11 is 0. The van der Waals surface area contributed by atoms with Gasteiger partial charge in [0.15, 0.2) is 6.61 Å². The van der Waals surface area contributed by atoms with Crippen molar-refractivity contribution < 1.29 is 13.9 Å². The minimum Gasteiger partial charge on any atom is -0.482 e. The highest BCUT2D eigenvalue weighted by Gasteiger charge is 2.11. The van der Waals surface area contributed by atoms with Gasteiger partial charge in [0.2, 0.25) is 0 Å². The van der Waals surface area contributed by atoms with Crippen molar-refractivity contribution in [3.05, 3.63) is 48.4 Å². The number of nitrogens with zero attached hydrogens (tertiary/aromatic N) is 1. The van der Waals surface area contributed by atoms with Crippen LogP contribution in [-0.4, -0.2) is 24.5 Å². The molecule has 2 aromatic rings. The lowest BCUT2D eigenvalue weighted by molar-refractivity contribution is -0.132. The van der Waals surface area contributed by atoms with Crippen LogP contribution in [0.25, 0.3) is 0 Å². The van der Waals surface area contributed by atoms with Gasteiger partial charge in [-0.15, -0.1) is 0 Å². The van der Waals surface area contributed by atoms with E-state index in [4.69, 9.17) is 14.9 Å². The van der Waals surface area contributed by atoms with Gasteiger partial charge >= 0.3 is 0 Å². The highest BCUT2D eigenvalue weighted by Crippen LogP contribution is 2.19. The smallest absolute Gasteiger partial charge is 0.260 e. The van der Waals surface area contributed by atoms with Crippen LogP contribution in [0.2, 0.25) is 0 Å². The summed E-state index contributed by atoms with van der Waals surface area (Å²) in [6.45, 7) is 0.450. The van der Waals surface area contributed by atoms with E-state index < -0.39 is 0 Å². The van der Waals surface area contributed by atoms with Crippen molar-refractivity contribution in [3.63, 3.8) is 0 Å². The summed E-state index contributed by atoms with van der Waals surface area (Å²) in [7, 11) is 1.72. The number of hydrogen-bond acceptors (Lipinski definition) is 4. The van der Waals surface area contributed by atoms with Crippen molar-refractivity contribution >= 4 is 11.6 Å². The molecule has 0 bridgehead atoms. The first-order chi connectivity index (χ1) is 9.16. The summed E-state index contributed by atoms with van der Waals surface area (Å²) < 4.78 is 10.4. The van der Waals surface area contributed by atoms with E-state index in [1.54, 1.807) is 36.6 Å². The Labute approximate surface area is 111 Å². The molecule has 5 nitrogen and oxygen atoms in total. The fourth-order valence-electron chi connectivity index (χ4n) is 1.61. The summed E-state index contributed by atoms with van der Waals surface area (Å²) in [4.78, 5) is 13.5. The molecule has 0 atom stereocenters. The zero-order valence-corrected chi connectivity index (χ0v) is 10.7. The summed E-state index contributed by atoms with van der Waals surface area (Å²) in [5.74, 6) is 0.400. The van der Waals surface area contributed by atoms with E-state index in [2.05, 4.69) is 0 Å². The van der Waals surface area contributed by atoms with Crippen LogP contribution < -0.4 is 10.5 Å². The molecule has 1 aromatic heterocycles. The van der Waals surface area contributed by atoms with Crippen molar-refractivity contribution in [2.24, 2.45) is 0 Å². The number of carbonyl (C=O) groups is 1. The normalized spacial score (nSPS) is 10.2. The number of carbonyl (C=O) groups excluding carboxylic acids is 1. The molecular weight excluding hydrogens is 244 g/mol. The number of furan rings is 1. The number of benzene rings is 1. The van der Waals surface area contributed by atoms with Crippen LogP contribution in [0.15, 0.2) is 47.3 Å². The van der Waals surface area contributed by atoms with E-state index >= 15 is 0 Å². The van der Waals surface area contributed by atoms with Gasteiger partial charge in [0.1, 0.15) is 5.75 Å². The molecule has 0 aliphatic carbocycles. The second kappa shape index (κ2) is 5.95. The number of ether oxygens (including phenoxy) is 1. The molecule has 1 aromatic carbocycles. The Morgan fingerprint density at radius 2 is 2.16 bits per heavy atom. The van der Waals surface area contributed by atoms with E-state index in [0.717, 1.165) is 5.56 Å². The number of anilines is 1.